The zero-order valence-electron chi connectivity index (χ0n) is 10.9. The Bertz CT molecular complexity index is 419. The number of nitrogens with one attached hydrogen (secondary N) is 2. The topological polar surface area (TPSA) is 87.1 Å². The summed E-state index contributed by atoms with van der Waals surface area (Å²) in [5, 5.41) is 15.1. The third-order valence-electron chi connectivity index (χ3n) is 3.25. The van der Waals surface area contributed by atoms with Gasteiger partial charge in [-0.3, -0.25) is 4.79 Å². The number of hydrogen-bond donors (Lipinski definition) is 3. The summed E-state index contributed by atoms with van der Waals surface area (Å²) in [5.41, 5.74) is 0. The second-order valence-corrected chi connectivity index (χ2v) is 4.84. The third-order valence-corrected chi connectivity index (χ3v) is 3.25. The van der Waals surface area contributed by atoms with Crippen molar-refractivity contribution in [2.75, 3.05) is 17.2 Å². The summed E-state index contributed by atoms with van der Waals surface area (Å²) in [6.07, 6.45) is 7.25. The van der Waals surface area contributed by atoms with Crippen molar-refractivity contribution in [1.29, 1.82) is 0 Å². The van der Waals surface area contributed by atoms with Crippen molar-refractivity contribution in [2.45, 2.75) is 44.6 Å². The van der Waals surface area contributed by atoms with Crippen LogP contribution in [0.5, 0.6) is 0 Å². The lowest BCUT2D eigenvalue weighted by Crippen LogP contribution is -2.16. The fraction of sp³-hybridized carbons (Fsp3) is 0.615. The highest BCUT2D eigenvalue weighted by Gasteiger charge is 2.14. The zero-order chi connectivity index (χ0) is 13.5. The van der Waals surface area contributed by atoms with E-state index in [0.29, 0.717) is 19.0 Å². The van der Waals surface area contributed by atoms with Gasteiger partial charge in [-0.1, -0.05) is 12.8 Å². The van der Waals surface area contributed by atoms with Crippen LogP contribution in [0.3, 0.4) is 0 Å². The maximum absolute atomic E-state index is 10.4. The lowest BCUT2D eigenvalue weighted by Gasteiger charge is -2.13. The molecule has 2 rings (SSSR count). The van der Waals surface area contributed by atoms with Crippen LogP contribution in [0.2, 0.25) is 0 Å². The summed E-state index contributed by atoms with van der Waals surface area (Å²) in [6.45, 7) is 0.603. The predicted octanol–water partition coefficient (Wildman–Crippen LogP) is 2.11. The highest BCUT2D eigenvalue weighted by atomic mass is 16.4. The summed E-state index contributed by atoms with van der Waals surface area (Å²) < 4.78 is 0. The van der Waals surface area contributed by atoms with Gasteiger partial charge in [0.05, 0.1) is 0 Å². The monoisotopic (exact) mass is 264 g/mol. The van der Waals surface area contributed by atoms with Crippen molar-refractivity contribution in [3.63, 3.8) is 0 Å². The van der Waals surface area contributed by atoms with Gasteiger partial charge in [0.1, 0.15) is 18.0 Å². The van der Waals surface area contributed by atoms with Crippen LogP contribution in [-0.2, 0) is 4.79 Å². The van der Waals surface area contributed by atoms with Crippen LogP contribution < -0.4 is 10.6 Å². The second-order valence-electron chi connectivity index (χ2n) is 4.84. The van der Waals surface area contributed by atoms with E-state index in [1.165, 1.54) is 32.0 Å². The zero-order valence-corrected chi connectivity index (χ0v) is 10.9. The van der Waals surface area contributed by atoms with Crippen LogP contribution in [0.25, 0.3) is 0 Å². The van der Waals surface area contributed by atoms with E-state index in [4.69, 9.17) is 5.11 Å². The van der Waals surface area contributed by atoms with Crippen molar-refractivity contribution in [2.24, 2.45) is 0 Å². The average molecular weight is 264 g/mol. The van der Waals surface area contributed by atoms with Crippen LogP contribution in [0.4, 0.5) is 11.6 Å². The van der Waals surface area contributed by atoms with E-state index in [-0.39, 0.29) is 6.42 Å². The molecule has 3 N–H and O–H groups in total. The molecule has 1 aromatic heterocycles. The number of carboxylic acids is 1. The molecule has 0 radical (unpaired) electrons. The number of carbonyl (C=O) groups is 1. The third kappa shape index (κ3) is 4.73. The van der Waals surface area contributed by atoms with Crippen molar-refractivity contribution in [3.05, 3.63) is 12.4 Å². The van der Waals surface area contributed by atoms with Crippen molar-refractivity contribution in [3.8, 4) is 0 Å². The highest BCUT2D eigenvalue weighted by molar-refractivity contribution is 5.66. The molecule has 19 heavy (non-hydrogen) atoms. The van der Waals surface area contributed by atoms with E-state index >= 15 is 0 Å². The molecule has 104 valence electrons. The fourth-order valence-electron chi connectivity index (χ4n) is 2.27. The van der Waals surface area contributed by atoms with Crippen LogP contribution in [-0.4, -0.2) is 33.6 Å². The number of carboxylic acid groups (broad SMARTS) is 1. The summed E-state index contributed by atoms with van der Waals surface area (Å²) >= 11 is 0. The van der Waals surface area contributed by atoms with Crippen molar-refractivity contribution >= 4 is 17.6 Å². The standard InChI is InChI=1S/C13H20N4O2/c18-13(19)6-3-7-14-11-8-12(16-9-15-11)17-10-4-1-2-5-10/h8-10H,1-7H2,(H,18,19)(H2,14,15,16,17). The molecule has 0 saturated heterocycles. The molecule has 1 saturated carbocycles. The molecule has 0 aromatic carbocycles. The van der Waals surface area contributed by atoms with E-state index in [0.717, 1.165) is 11.6 Å². The second kappa shape index (κ2) is 6.92. The Kier molecular flexibility index (Phi) is 4.94. The lowest BCUT2D eigenvalue weighted by molar-refractivity contribution is -0.137. The number of anilines is 2. The number of aliphatic carboxylic acids is 1. The Morgan fingerprint density at radius 2 is 2.05 bits per heavy atom. The Morgan fingerprint density at radius 3 is 2.79 bits per heavy atom. The average Bonchev–Trinajstić information content (AvgIpc) is 2.88. The summed E-state index contributed by atoms with van der Waals surface area (Å²) in [4.78, 5) is 18.7. The van der Waals surface area contributed by atoms with Crippen LogP contribution in [0.1, 0.15) is 38.5 Å². The summed E-state index contributed by atoms with van der Waals surface area (Å²) in [7, 11) is 0. The first-order valence-corrected chi connectivity index (χ1v) is 6.78. The maximum Gasteiger partial charge on any atom is 0.303 e. The molecular weight excluding hydrogens is 244 g/mol. The maximum atomic E-state index is 10.4. The molecule has 1 aliphatic carbocycles. The largest absolute Gasteiger partial charge is 0.481 e. The molecule has 0 atom stereocenters. The first-order chi connectivity index (χ1) is 9.24. The number of rotatable bonds is 7. The fourth-order valence-corrected chi connectivity index (χ4v) is 2.27. The van der Waals surface area contributed by atoms with Crippen molar-refractivity contribution in [1.82, 2.24) is 9.97 Å². The lowest BCUT2D eigenvalue weighted by atomic mass is 10.2. The van der Waals surface area contributed by atoms with Gasteiger partial charge < -0.3 is 15.7 Å². The van der Waals surface area contributed by atoms with Crippen LogP contribution in [0.15, 0.2) is 12.4 Å². The number of aromatic nitrogens is 2. The van der Waals surface area contributed by atoms with Gasteiger partial charge in [0.2, 0.25) is 0 Å². The molecule has 0 bridgehead atoms. The van der Waals surface area contributed by atoms with Gasteiger partial charge in [-0.2, -0.15) is 0 Å². The first-order valence-electron chi connectivity index (χ1n) is 6.78. The van der Waals surface area contributed by atoms with E-state index in [1.54, 1.807) is 0 Å². The number of nitrogens with zero attached hydrogens (tertiary/aromatic N) is 2. The molecule has 6 heteroatoms. The first kappa shape index (κ1) is 13.6. The van der Waals surface area contributed by atoms with Gasteiger partial charge in [-0.05, 0) is 19.3 Å². The molecule has 0 aliphatic heterocycles. The minimum atomic E-state index is -0.770. The summed E-state index contributed by atoms with van der Waals surface area (Å²) in [6, 6.07) is 2.40. The van der Waals surface area contributed by atoms with Gasteiger partial charge in [0.15, 0.2) is 0 Å². The van der Waals surface area contributed by atoms with Gasteiger partial charge in [0.25, 0.3) is 0 Å². The van der Waals surface area contributed by atoms with Gasteiger partial charge >= 0.3 is 5.97 Å². The molecule has 1 aromatic rings. The summed E-state index contributed by atoms with van der Waals surface area (Å²) in [5.74, 6) is 0.802. The molecule has 0 unspecified atom stereocenters. The highest BCUT2D eigenvalue weighted by Crippen LogP contribution is 2.21. The molecule has 1 heterocycles. The van der Waals surface area contributed by atoms with E-state index in [1.807, 2.05) is 6.07 Å². The van der Waals surface area contributed by atoms with Crippen LogP contribution in [0, 0.1) is 0 Å². The molecule has 1 aliphatic rings. The predicted molar refractivity (Wildman–Crippen MR) is 73.3 cm³/mol. The van der Waals surface area contributed by atoms with E-state index < -0.39 is 5.97 Å². The molecular formula is C13H20N4O2. The van der Waals surface area contributed by atoms with Gasteiger partial charge in [-0.25, -0.2) is 9.97 Å². The molecule has 0 spiro atoms. The molecule has 6 nitrogen and oxygen atoms in total. The van der Waals surface area contributed by atoms with Crippen LogP contribution >= 0.6 is 0 Å². The smallest absolute Gasteiger partial charge is 0.303 e. The Balaban J connectivity index is 1.79. The number of hydrogen-bond acceptors (Lipinski definition) is 5. The molecule has 0 amide bonds. The SMILES string of the molecule is O=C(O)CCCNc1cc(NC2CCCC2)ncn1. The Morgan fingerprint density at radius 1 is 1.32 bits per heavy atom. The van der Waals surface area contributed by atoms with Crippen molar-refractivity contribution < 1.29 is 9.90 Å². The molecule has 1 fully saturated rings. The minimum absolute atomic E-state index is 0.172. The van der Waals surface area contributed by atoms with E-state index in [9.17, 15) is 4.79 Å². The normalized spacial score (nSPS) is 15.4. The quantitative estimate of drug-likeness (QED) is 0.654. The van der Waals surface area contributed by atoms with Gasteiger partial charge in [0, 0.05) is 25.1 Å². The Labute approximate surface area is 112 Å². The Hall–Kier alpha value is -1.85. The van der Waals surface area contributed by atoms with E-state index in [2.05, 4.69) is 20.6 Å². The minimum Gasteiger partial charge on any atom is -0.481 e. The van der Waals surface area contributed by atoms with Gasteiger partial charge in [-0.15, -0.1) is 0 Å².